The van der Waals surface area contributed by atoms with Crippen molar-refractivity contribution in [2.75, 3.05) is 20.2 Å². The highest BCUT2D eigenvalue weighted by atomic mass is 32.1. The summed E-state index contributed by atoms with van der Waals surface area (Å²) in [4.78, 5) is 4.53. The average molecular weight is 289 g/mol. The van der Waals surface area contributed by atoms with Crippen LogP contribution in [0, 0.1) is 0 Å². The molecule has 1 aromatic carbocycles. The SMILES string of the molecule is CCNC(=S)NCCc1cccc2ccc(OC)nc12. The molecule has 0 atom stereocenters. The molecule has 0 aliphatic heterocycles. The molecule has 1 aromatic heterocycles. The van der Waals surface area contributed by atoms with Gasteiger partial charge in [0, 0.05) is 24.5 Å². The van der Waals surface area contributed by atoms with Crippen LogP contribution >= 0.6 is 12.2 Å². The summed E-state index contributed by atoms with van der Waals surface area (Å²) in [6, 6.07) is 10.1. The molecule has 0 spiro atoms. The minimum Gasteiger partial charge on any atom is -0.481 e. The Kier molecular flexibility index (Phi) is 5.12. The fourth-order valence-electron chi connectivity index (χ4n) is 2.04. The van der Waals surface area contributed by atoms with Gasteiger partial charge in [0.25, 0.3) is 0 Å². The molecule has 0 unspecified atom stereocenters. The van der Waals surface area contributed by atoms with Gasteiger partial charge in [0.05, 0.1) is 12.6 Å². The summed E-state index contributed by atoms with van der Waals surface area (Å²) >= 11 is 5.15. The Hall–Kier alpha value is -1.88. The number of rotatable bonds is 5. The fourth-order valence-corrected chi connectivity index (χ4v) is 2.29. The van der Waals surface area contributed by atoms with Gasteiger partial charge in [-0.15, -0.1) is 0 Å². The first-order valence-corrected chi connectivity index (χ1v) is 7.09. The van der Waals surface area contributed by atoms with Crippen molar-refractivity contribution < 1.29 is 4.74 Å². The number of para-hydroxylation sites is 1. The number of thiocarbonyl (C=S) groups is 1. The Balaban J connectivity index is 2.11. The van der Waals surface area contributed by atoms with Gasteiger partial charge in [0.1, 0.15) is 0 Å². The van der Waals surface area contributed by atoms with Gasteiger partial charge in [-0.25, -0.2) is 4.98 Å². The van der Waals surface area contributed by atoms with Crippen LogP contribution in [0.5, 0.6) is 5.88 Å². The lowest BCUT2D eigenvalue weighted by molar-refractivity contribution is 0.399. The second-order valence-corrected chi connectivity index (χ2v) is 4.79. The largest absolute Gasteiger partial charge is 0.481 e. The molecule has 0 amide bonds. The van der Waals surface area contributed by atoms with Crippen molar-refractivity contribution in [1.82, 2.24) is 15.6 Å². The molecular weight excluding hydrogens is 270 g/mol. The number of nitrogens with one attached hydrogen (secondary N) is 2. The van der Waals surface area contributed by atoms with Crippen LogP contribution in [-0.2, 0) is 6.42 Å². The molecule has 0 fully saturated rings. The lowest BCUT2D eigenvalue weighted by atomic mass is 10.1. The molecule has 0 aliphatic rings. The number of pyridine rings is 1. The Labute approximate surface area is 124 Å². The van der Waals surface area contributed by atoms with Crippen LogP contribution in [0.4, 0.5) is 0 Å². The van der Waals surface area contributed by atoms with Gasteiger partial charge >= 0.3 is 0 Å². The van der Waals surface area contributed by atoms with Crippen LogP contribution in [-0.4, -0.2) is 30.3 Å². The zero-order valence-corrected chi connectivity index (χ0v) is 12.6. The first-order valence-electron chi connectivity index (χ1n) is 6.69. The summed E-state index contributed by atoms with van der Waals surface area (Å²) in [5.41, 5.74) is 2.18. The quantitative estimate of drug-likeness (QED) is 0.827. The molecule has 5 heteroatoms. The molecular formula is C15H19N3OS. The van der Waals surface area contributed by atoms with Crippen molar-refractivity contribution >= 4 is 28.2 Å². The summed E-state index contributed by atoms with van der Waals surface area (Å²) in [6.45, 7) is 3.64. The second kappa shape index (κ2) is 7.05. The topological polar surface area (TPSA) is 46.2 Å². The van der Waals surface area contributed by atoms with Crippen LogP contribution in [0.3, 0.4) is 0 Å². The Morgan fingerprint density at radius 1 is 1.25 bits per heavy atom. The number of hydrogen-bond acceptors (Lipinski definition) is 3. The Morgan fingerprint density at radius 3 is 2.85 bits per heavy atom. The zero-order valence-electron chi connectivity index (χ0n) is 11.8. The van der Waals surface area contributed by atoms with Crippen molar-refractivity contribution in [3.8, 4) is 5.88 Å². The molecule has 4 nitrogen and oxygen atoms in total. The van der Waals surface area contributed by atoms with Crippen LogP contribution < -0.4 is 15.4 Å². The molecule has 0 bridgehead atoms. The highest BCUT2D eigenvalue weighted by Crippen LogP contribution is 2.20. The van der Waals surface area contributed by atoms with Crippen LogP contribution in [0.1, 0.15) is 12.5 Å². The second-order valence-electron chi connectivity index (χ2n) is 4.38. The summed E-state index contributed by atoms with van der Waals surface area (Å²) < 4.78 is 5.19. The minimum absolute atomic E-state index is 0.640. The predicted molar refractivity (Wildman–Crippen MR) is 86.3 cm³/mol. The third kappa shape index (κ3) is 3.57. The van der Waals surface area contributed by atoms with E-state index in [1.165, 1.54) is 5.56 Å². The average Bonchev–Trinajstić information content (AvgIpc) is 2.47. The van der Waals surface area contributed by atoms with Crippen LogP contribution in [0.15, 0.2) is 30.3 Å². The molecule has 2 N–H and O–H groups in total. The van der Waals surface area contributed by atoms with Crippen molar-refractivity contribution in [1.29, 1.82) is 0 Å². The molecule has 2 rings (SSSR count). The van der Waals surface area contributed by atoms with Crippen molar-refractivity contribution in [2.24, 2.45) is 0 Å². The van der Waals surface area contributed by atoms with Crippen molar-refractivity contribution in [3.05, 3.63) is 35.9 Å². The maximum absolute atomic E-state index is 5.19. The zero-order chi connectivity index (χ0) is 14.4. The first kappa shape index (κ1) is 14.5. The predicted octanol–water partition coefficient (Wildman–Crippen LogP) is 2.27. The van der Waals surface area contributed by atoms with Crippen molar-refractivity contribution in [2.45, 2.75) is 13.3 Å². The standard InChI is InChI=1S/C15H19N3OS/c1-3-16-15(20)17-10-9-12-6-4-5-11-7-8-13(19-2)18-14(11)12/h4-8H,3,9-10H2,1-2H3,(H2,16,17,20). The van der Waals surface area contributed by atoms with Crippen molar-refractivity contribution in [3.63, 3.8) is 0 Å². The van der Waals surface area contributed by atoms with Gasteiger partial charge < -0.3 is 15.4 Å². The summed E-state index contributed by atoms with van der Waals surface area (Å²) in [7, 11) is 1.63. The van der Waals surface area contributed by atoms with E-state index in [0.717, 1.165) is 30.4 Å². The number of benzene rings is 1. The summed E-state index contributed by atoms with van der Waals surface area (Å²) in [5.74, 6) is 0.640. The Morgan fingerprint density at radius 2 is 2.10 bits per heavy atom. The number of nitrogens with zero attached hydrogens (tertiary/aromatic N) is 1. The molecule has 1 heterocycles. The van der Waals surface area contributed by atoms with E-state index in [4.69, 9.17) is 17.0 Å². The molecule has 0 saturated carbocycles. The maximum Gasteiger partial charge on any atom is 0.213 e. The van der Waals surface area contributed by atoms with E-state index in [0.29, 0.717) is 11.0 Å². The minimum atomic E-state index is 0.640. The third-order valence-corrected chi connectivity index (χ3v) is 3.29. The van der Waals surface area contributed by atoms with Gasteiger partial charge in [-0.05, 0) is 37.2 Å². The van der Waals surface area contributed by atoms with E-state index >= 15 is 0 Å². The highest BCUT2D eigenvalue weighted by molar-refractivity contribution is 7.80. The third-order valence-electron chi connectivity index (χ3n) is 3.00. The van der Waals surface area contributed by atoms with E-state index in [1.807, 2.05) is 19.1 Å². The number of fused-ring (bicyclic) bond motifs is 1. The number of ether oxygens (including phenoxy) is 1. The normalized spacial score (nSPS) is 10.3. The van der Waals surface area contributed by atoms with E-state index in [1.54, 1.807) is 7.11 Å². The molecule has 106 valence electrons. The maximum atomic E-state index is 5.19. The molecule has 0 aliphatic carbocycles. The van der Waals surface area contributed by atoms with E-state index < -0.39 is 0 Å². The van der Waals surface area contributed by atoms with E-state index in [9.17, 15) is 0 Å². The number of hydrogen-bond donors (Lipinski definition) is 2. The smallest absolute Gasteiger partial charge is 0.213 e. The van der Waals surface area contributed by atoms with Crippen LogP contribution in [0.25, 0.3) is 10.9 Å². The lowest BCUT2D eigenvalue weighted by Gasteiger charge is -2.10. The van der Waals surface area contributed by atoms with Gasteiger partial charge in [0.2, 0.25) is 5.88 Å². The van der Waals surface area contributed by atoms with Gasteiger partial charge in [-0.3, -0.25) is 0 Å². The Bertz CT molecular complexity index is 601. The molecule has 2 aromatic rings. The number of methoxy groups -OCH3 is 1. The highest BCUT2D eigenvalue weighted by Gasteiger charge is 2.04. The monoisotopic (exact) mass is 289 g/mol. The first-order chi connectivity index (χ1) is 9.74. The fraction of sp³-hybridized carbons (Fsp3) is 0.333. The number of aromatic nitrogens is 1. The lowest BCUT2D eigenvalue weighted by Crippen LogP contribution is -2.36. The van der Waals surface area contributed by atoms with Crippen LogP contribution in [0.2, 0.25) is 0 Å². The summed E-state index contributed by atoms with van der Waals surface area (Å²) in [5, 5.41) is 8.07. The van der Waals surface area contributed by atoms with Gasteiger partial charge in [-0.2, -0.15) is 0 Å². The summed E-state index contributed by atoms with van der Waals surface area (Å²) in [6.07, 6.45) is 0.864. The molecule has 0 radical (unpaired) electrons. The molecule has 20 heavy (non-hydrogen) atoms. The van der Waals surface area contributed by atoms with E-state index in [2.05, 4.69) is 33.8 Å². The van der Waals surface area contributed by atoms with Gasteiger partial charge in [-0.1, -0.05) is 18.2 Å². The van der Waals surface area contributed by atoms with Gasteiger partial charge in [0.15, 0.2) is 5.11 Å². The molecule has 0 saturated heterocycles. The van der Waals surface area contributed by atoms with E-state index in [-0.39, 0.29) is 0 Å².